The molecule has 0 saturated heterocycles. The Labute approximate surface area is 133 Å². The average Bonchev–Trinajstić information content (AvgIpc) is 2.43. The lowest BCUT2D eigenvalue weighted by Gasteiger charge is -2.14. The molecule has 2 aromatic carbocycles. The summed E-state index contributed by atoms with van der Waals surface area (Å²) in [6.07, 6.45) is 0. The first kappa shape index (κ1) is 16.1. The Bertz CT molecular complexity index is 632. The van der Waals surface area contributed by atoms with Crippen molar-refractivity contribution in [1.29, 1.82) is 0 Å². The highest BCUT2D eigenvalue weighted by Gasteiger charge is 2.09. The number of nitrogens with one attached hydrogen (secondary N) is 1. The van der Waals surface area contributed by atoms with Crippen molar-refractivity contribution in [2.24, 2.45) is 0 Å². The second-order valence-corrected chi connectivity index (χ2v) is 5.78. The predicted molar refractivity (Wildman–Crippen MR) is 84.9 cm³/mol. The van der Waals surface area contributed by atoms with Gasteiger partial charge in [-0.2, -0.15) is 0 Å². The fourth-order valence-corrected chi connectivity index (χ4v) is 2.06. The minimum absolute atomic E-state index is 0.294. The summed E-state index contributed by atoms with van der Waals surface area (Å²) in [7, 11) is 0. The molecule has 0 unspecified atom stereocenters. The van der Waals surface area contributed by atoms with Crippen molar-refractivity contribution in [3.63, 3.8) is 0 Å². The monoisotopic (exact) mass is 327 g/mol. The van der Waals surface area contributed by atoms with E-state index in [9.17, 15) is 4.39 Å². The van der Waals surface area contributed by atoms with Gasteiger partial charge in [-0.05, 0) is 30.3 Å². The molecule has 0 saturated carbocycles. The molecule has 0 aliphatic rings. The van der Waals surface area contributed by atoms with Gasteiger partial charge in [0, 0.05) is 24.2 Å². The molecule has 2 nitrogen and oxygen atoms in total. The average molecular weight is 328 g/mol. The Balaban J connectivity index is 2.23. The van der Waals surface area contributed by atoms with Crippen LogP contribution in [0.25, 0.3) is 0 Å². The molecule has 0 bridgehead atoms. The molecule has 0 fully saturated rings. The molecule has 0 spiro atoms. The van der Waals surface area contributed by atoms with Crippen LogP contribution in [-0.4, -0.2) is 6.04 Å². The van der Waals surface area contributed by atoms with Crippen molar-refractivity contribution in [2.75, 3.05) is 0 Å². The Morgan fingerprint density at radius 3 is 2.52 bits per heavy atom. The second kappa shape index (κ2) is 7.12. The molecule has 0 amide bonds. The van der Waals surface area contributed by atoms with Gasteiger partial charge < -0.3 is 10.1 Å². The van der Waals surface area contributed by atoms with Gasteiger partial charge in [-0.15, -0.1) is 0 Å². The van der Waals surface area contributed by atoms with E-state index in [0.29, 0.717) is 34.1 Å². The summed E-state index contributed by atoms with van der Waals surface area (Å²) in [5.41, 5.74) is 0.745. The van der Waals surface area contributed by atoms with Crippen LogP contribution in [0.4, 0.5) is 4.39 Å². The molecule has 0 aromatic heterocycles. The molecule has 0 aliphatic heterocycles. The first-order valence-electron chi connectivity index (χ1n) is 6.60. The number of hydrogen-bond donors (Lipinski definition) is 1. The molecule has 2 rings (SSSR count). The van der Waals surface area contributed by atoms with Crippen molar-refractivity contribution in [1.82, 2.24) is 5.32 Å². The Morgan fingerprint density at radius 2 is 1.86 bits per heavy atom. The molecule has 2 aromatic rings. The Hall–Kier alpha value is -1.29. The van der Waals surface area contributed by atoms with Crippen LogP contribution >= 0.6 is 23.2 Å². The SMILES string of the molecule is CC(C)NCc1cc(F)ccc1Oc1ccc(Cl)c(Cl)c1. The maximum absolute atomic E-state index is 13.4. The zero-order valence-corrected chi connectivity index (χ0v) is 13.3. The standard InChI is InChI=1S/C16H16Cl2FNO/c1-10(2)20-9-11-7-12(19)3-6-16(11)21-13-4-5-14(17)15(18)8-13/h3-8,10,20H,9H2,1-2H3. The summed E-state index contributed by atoms with van der Waals surface area (Å²) in [5, 5.41) is 4.12. The van der Waals surface area contributed by atoms with Crippen LogP contribution in [0.2, 0.25) is 10.0 Å². The fourth-order valence-electron chi connectivity index (χ4n) is 1.77. The van der Waals surface area contributed by atoms with Gasteiger partial charge in [0.15, 0.2) is 0 Å². The van der Waals surface area contributed by atoms with Gasteiger partial charge in [0.1, 0.15) is 17.3 Å². The summed E-state index contributed by atoms with van der Waals surface area (Å²) in [6.45, 7) is 4.57. The summed E-state index contributed by atoms with van der Waals surface area (Å²) in [5.74, 6) is 0.849. The highest BCUT2D eigenvalue weighted by molar-refractivity contribution is 6.42. The normalized spacial score (nSPS) is 11.0. The van der Waals surface area contributed by atoms with Crippen LogP contribution in [0.1, 0.15) is 19.4 Å². The number of ether oxygens (including phenoxy) is 1. The number of hydrogen-bond acceptors (Lipinski definition) is 2. The quantitative estimate of drug-likeness (QED) is 0.791. The van der Waals surface area contributed by atoms with Gasteiger partial charge in [-0.25, -0.2) is 4.39 Å². The third kappa shape index (κ3) is 4.60. The third-order valence-corrected chi connectivity index (χ3v) is 3.58. The topological polar surface area (TPSA) is 21.3 Å². The van der Waals surface area contributed by atoms with E-state index < -0.39 is 0 Å². The van der Waals surface area contributed by atoms with E-state index in [1.54, 1.807) is 24.3 Å². The molecule has 0 heterocycles. The van der Waals surface area contributed by atoms with E-state index >= 15 is 0 Å². The maximum atomic E-state index is 13.4. The van der Waals surface area contributed by atoms with Crippen LogP contribution in [0.3, 0.4) is 0 Å². The highest BCUT2D eigenvalue weighted by atomic mass is 35.5. The number of benzene rings is 2. The molecular weight excluding hydrogens is 312 g/mol. The molecular formula is C16H16Cl2FNO. The summed E-state index contributed by atoms with van der Waals surface area (Å²) in [6, 6.07) is 9.74. The highest BCUT2D eigenvalue weighted by Crippen LogP contribution is 2.31. The maximum Gasteiger partial charge on any atom is 0.132 e. The number of rotatable bonds is 5. The summed E-state index contributed by atoms with van der Waals surface area (Å²) in [4.78, 5) is 0. The lowest BCUT2D eigenvalue weighted by molar-refractivity contribution is 0.466. The van der Waals surface area contributed by atoms with Crippen LogP contribution in [0, 0.1) is 5.82 Å². The van der Waals surface area contributed by atoms with Gasteiger partial charge in [0.25, 0.3) is 0 Å². The third-order valence-electron chi connectivity index (χ3n) is 2.84. The van der Waals surface area contributed by atoms with E-state index in [2.05, 4.69) is 5.32 Å². The van der Waals surface area contributed by atoms with Gasteiger partial charge >= 0.3 is 0 Å². The lowest BCUT2D eigenvalue weighted by Crippen LogP contribution is -2.22. The van der Waals surface area contributed by atoms with Crippen molar-refractivity contribution >= 4 is 23.2 Å². The predicted octanol–water partition coefficient (Wildman–Crippen LogP) is 5.42. The van der Waals surface area contributed by atoms with E-state index in [1.165, 1.54) is 12.1 Å². The summed E-state index contributed by atoms with van der Waals surface area (Å²) >= 11 is 11.8. The van der Waals surface area contributed by atoms with Crippen LogP contribution < -0.4 is 10.1 Å². The zero-order valence-electron chi connectivity index (χ0n) is 11.8. The van der Waals surface area contributed by atoms with E-state index in [1.807, 2.05) is 13.8 Å². The van der Waals surface area contributed by atoms with Crippen molar-refractivity contribution in [3.05, 3.63) is 57.8 Å². The smallest absolute Gasteiger partial charge is 0.132 e. The molecule has 0 atom stereocenters. The van der Waals surface area contributed by atoms with Crippen LogP contribution in [-0.2, 0) is 6.54 Å². The minimum Gasteiger partial charge on any atom is -0.457 e. The molecule has 21 heavy (non-hydrogen) atoms. The van der Waals surface area contributed by atoms with Crippen LogP contribution in [0.15, 0.2) is 36.4 Å². The van der Waals surface area contributed by atoms with E-state index in [0.717, 1.165) is 5.56 Å². The first-order valence-corrected chi connectivity index (χ1v) is 7.36. The van der Waals surface area contributed by atoms with Crippen molar-refractivity contribution in [3.8, 4) is 11.5 Å². The Kier molecular flexibility index (Phi) is 5.45. The molecule has 1 N–H and O–H groups in total. The van der Waals surface area contributed by atoms with Gasteiger partial charge in [0.05, 0.1) is 10.0 Å². The molecule has 0 aliphatic carbocycles. The first-order chi connectivity index (χ1) is 9.95. The molecule has 112 valence electrons. The van der Waals surface area contributed by atoms with Gasteiger partial charge in [-0.3, -0.25) is 0 Å². The van der Waals surface area contributed by atoms with Crippen molar-refractivity contribution in [2.45, 2.75) is 26.4 Å². The van der Waals surface area contributed by atoms with Gasteiger partial charge in [0.2, 0.25) is 0 Å². The van der Waals surface area contributed by atoms with E-state index in [4.69, 9.17) is 27.9 Å². The largest absolute Gasteiger partial charge is 0.457 e. The Morgan fingerprint density at radius 1 is 1.10 bits per heavy atom. The second-order valence-electron chi connectivity index (χ2n) is 4.97. The molecule has 5 heteroatoms. The number of halogens is 3. The fraction of sp³-hybridized carbons (Fsp3) is 0.250. The summed E-state index contributed by atoms with van der Waals surface area (Å²) < 4.78 is 19.2. The van der Waals surface area contributed by atoms with Gasteiger partial charge in [-0.1, -0.05) is 37.0 Å². The van der Waals surface area contributed by atoms with Crippen LogP contribution in [0.5, 0.6) is 11.5 Å². The minimum atomic E-state index is -0.294. The zero-order chi connectivity index (χ0) is 15.4. The lowest BCUT2D eigenvalue weighted by atomic mass is 10.2. The van der Waals surface area contributed by atoms with E-state index in [-0.39, 0.29) is 5.82 Å². The van der Waals surface area contributed by atoms with Crippen molar-refractivity contribution < 1.29 is 9.13 Å². The molecule has 0 radical (unpaired) electrons.